The van der Waals surface area contributed by atoms with Gasteiger partial charge in [0.1, 0.15) is 11.7 Å². The summed E-state index contributed by atoms with van der Waals surface area (Å²) in [5, 5.41) is 11.3. The van der Waals surface area contributed by atoms with Crippen molar-refractivity contribution in [1.29, 1.82) is 0 Å². The molecule has 2 rings (SSSR count). The maximum absolute atomic E-state index is 12.0. The Morgan fingerprint density at radius 3 is 2.70 bits per heavy atom. The number of likely N-dealkylation sites (tertiary alicyclic amines) is 1. The summed E-state index contributed by atoms with van der Waals surface area (Å²) in [4.78, 5) is 50.6. The number of nitrogens with zero attached hydrogens (tertiary/aromatic N) is 2. The van der Waals surface area contributed by atoms with E-state index in [1.807, 2.05) is 0 Å². The van der Waals surface area contributed by atoms with E-state index in [2.05, 4.69) is 10.3 Å². The molecule has 0 aromatic carbocycles. The Balaban J connectivity index is 2.20. The summed E-state index contributed by atoms with van der Waals surface area (Å²) in [6, 6.07) is 1.64. The molecular weight excluding hydrogens is 266 g/mol. The van der Waals surface area contributed by atoms with Crippen LogP contribution in [-0.4, -0.2) is 51.8 Å². The van der Waals surface area contributed by atoms with Gasteiger partial charge in [-0.3, -0.25) is 24.3 Å². The van der Waals surface area contributed by atoms with Crippen LogP contribution < -0.4 is 5.32 Å². The van der Waals surface area contributed by atoms with Gasteiger partial charge in [0.25, 0.3) is 11.8 Å². The van der Waals surface area contributed by atoms with Crippen molar-refractivity contribution in [2.45, 2.75) is 12.5 Å². The SMILES string of the molecule is CN1C(=O)CC(NC(=O)c2ncccc2C(=O)O)C1=O. The fourth-order valence-electron chi connectivity index (χ4n) is 1.85. The number of hydrogen-bond acceptors (Lipinski definition) is 5. The largest absolute Gasteiger partial charge is 0.478 e. The Bertz CT molecular complexity index is 613. The first-order valence-corrected chi connectivity index (χ1v) is 5.71. The first kappa shape index (κ1) is 13.7. The molecule has 0 aliphatic carbocycles. The second kappa shape index (κ2) is 5.08. The highest BCUT2D eigenvalue weighted by Crippen LogP contribution is 2.12. The van der Waals surface area contributed by atoms with Crippen molar-refractivity contribution < 1.29 is 24.3 Å². The minimum atomic E-state index is -1.30. The molecule has 0 radical (unpaired) electrons. The maximum Gasteiger partial charge on any atom is 0.338 e. The number of amides is 3. The topological polar surface area (TPSA) is 117 Å². The molecule has 104 valence electrons. The molecule has 1 aromatic rings. The van der Waals surface area contributed by atoms with Crippen LogP contribution in [0.2, 0.25) is 0 Å². The number of rotatable bonds is 3. The monoisotopic (exact) mass is 277 g/mol. The molecule has 3 amide bonds. The molecule has 1 saturated heterocycles. The van der Waals surface area contributed by atoms with Gasteiger partial charge >= 0.3 is 5.97 Å². The van der Waals surface area contributed by atoms with E-state index in [1.165, 1.54) is 25.4 Å². The number of carboxylic acids is 1. The lowest BCUT2D eigenvalue weighted by atomic mass is 10.1. The molecule has 0 bridgehead atoms. The van der Waals surface area contributed by atoms with E-state index in [4.69, 9.17) is 5.11 Å². The molecule has 1 unspecified atom stereocenters. The lowest BCUT2D eigenvalue weighted by Gasteiger charge is -2.11. The molecular formula is C12H11N3O5. The van der Waals surface area contributed by atoms with Crippen LogP contribution in [0.1, 0.15) is 27.3 Å². The van der Waals surface area contributed by atoms with Gasteiger partial charge in [-0.05, 0) is 12.1 Å². The molecule has 2 heterocycles. The molecule has 2 N–H and O–H groups in total. The van der Waals surface area contributed by atoms with Gasteiger partial charge in [0, 0.05) is 13.2 Å². The van der Waals surface area contributed by atoms with Crippen LogP contribution in [0.5, 0.6) is 0 Å². The number of aromatic carboxylic acids is 1. The van der Waals surface area contributed by atoms with Gasteiger partial charge in [0.15, 0.2) is 0 Å². The van der Waals surface area contributed by atoms with E-state index in [-0.39, 0.29) is 17.7 Å². The van der Waals surface area contributed by atoms with E-state index < -0.39 is 29.7 Å². The van der Waals surface area contributed by atoms with Gasteiger partial charge in [-0.1, -0.05) is 0 Å². The third kappa shape index (κ3) is 2.35. The summed E-state index contributed by atoms with van der Waals surface area (Å²) in [5.74, 6) is -3.03. The second-order valence-corrected chi connectivity index (χ2v) is 4.23. The molecule has 1 atom stereocenters. The Kier molecular flexibility index (Phi) is 3.47. The Morgan fingerprint density at radius 2 is 2.15 bits per heavy atom. The van der Waals surface area contributed by atoms with Crippen LogP contribution in [0.3, 0.4) is 0 Å². The first-order valence-electron chi connectivity index (χ1n) is 5.71. The standard InChI is InChI=1S/C12H11N3O5/c1-15-8(16)5-7(11(15)18)14-10(17)9-6(12(19)20)3-2-4-13-9/h2-4,7H,5H2,1H3,(H,14,17)(H,19,20). The van der Waals surface area contributed by atoms with Crippen molar-refractivity contribution >= 4 is 23.7 Å². The number of pyridine rings is 1. The van der Waals surface area contributed by atoms with Crippen molar-refractivity contribution in [1.82, 2.24) is 15.2 Å². The molecule has 20 heavy (non-hydrogen) atoms. The molecule has 1 fully saturated rings. The summed E-state index contributed by atoms with van der Waals surface area (Å²) in [5.41, 5.74) is -0.565. The zero-order valence-corrected chi connectivity index (χ0v) is 10.5. The van der Waals surface area contributed by atoms with Crippen LogP contribution in [-0.2, 0) is 9.59 Å². The van der Waals surface area contributed by atoms with E-state index in [9.17, 15) is 19.2 Å². The number of likely N-dealkylation sites (N-methyl/N-ethyl adjacent to an activating group) is 1. The zero-order valence-electron chi connectivity index (χ0n) is 10.5. The van der Waals surface area contributed by atoms with Crippen LogP contribution >= 0.6 is 0 Å². The van der Waals surface area contributed by atoms with Crippen LogP contribution in [0.25, 0.3) is 0 Å². The van der Waals surface area contributed by atoms with E-state index >= 15 is 0 Å². The molecule has 0 spiro atoms. The third-order valence-corrected chi connectivity index (χ3v) is 2.94. The Labute approximate surface area is 113 Å². The summed E-state index contributed by atoms with van der Waals surface area (Å²) < 4.78 is 0. The molecule has 8 nitrogen and oxygen atoms in total. The Morgan fingerprint density at radius 1 is 1.45 bits per heavy atom. The normalized spacial score (nSPS) is 18.2. The van der Waals surface area contributed by atoms with E-state index in [0.717, 1.165) is 4.90 Å². The van der Waals surface area contributed by atoms with Gasteiger partial charge in [-0.15, -0.1) is 0 Å². The summed E-state index contributed by atoms with van der Waals surface area (Å²) in [6.07, 6.45) is 1.13. The smallest absolute Gasteiger partial charge is 0.338 e. The number of imide groups is 1. The minimum absolute atomic E-state index is 0.143. The lowest BCUT2D eigenvalue weighted by Crippen LogP contribution is -2.41. The maximum atomic E-state index is 12.0. The third-order valence-electron chi connectivity index (χ3n) is 2.94. The molecule has 8 heteroatoms. The van der Waals surface area contributed by atoms with Gasteiger partial charge in [0.2, 0.25) is 5.91 Å². The molecule has 1 aliphatic heterocycles. The fourth-order valence-corrected chi connectivity index (χ4v) is 1.85. The van der Waals surface area contributed by atoms with Crippen LogP contribution in [0, 0.1) is 0 Å². The predicted molar refractivity (Wildman–Crippen MR) is 64.8 cm³/mol. The Hall–Kier alpha value is -2.77. The second-order valence-electron chi connectivity index (χ2n) is 4.23. The first-order chi connectivity index (χ1) is 9.41. The minimum Gasteiger partial charge on any atom is -0.478 e. The number of carboxylic acid groups (broad SMARTS) is 1. The lowest BCUT2D eigenvalue weighted by molar-refractivity contribution is -0.137. The van der Waals surface area contributed by atoms with Gasteiger partial charge in [0.05, 0.1) is 12.0 Å². The molecule has 1 aliphatic rings. The highest BCUT2D eigenvalue weighted by Gasteiger charge is 2.37. The van der Waals surface area contributed by atoms with Gasteiger partial charge in [-0.2, -0.15) is 0 Å². The number of carbonyl (C=O) groups excluding carboxylic acids is 3. The van der Waals surface area contributed by atoms with Crippen LogP contribution in [0.4, 0.5) is 0 Å². The average molecular weight is 277 g/mol. The molecule has 0 saturated carbocycles. The number of hydrogen-bond donors (Lipinski definition) is 2. The van der Waals surface area contributed by atoms with Gasteiger partial charge in [-0.25, -0.2) is 4.79 Å². The quantitative estimate of drug-likeness (QED) is 0.703. The molecule has 1 aromatic heterocycles. The summed E-state index contributed by atoms with van der Waals surface area (Å²) in [7, 11) is 1.32. The van der Waals surface area contributed by atoms with Crippen molar-refractivity contribution in [2.24, 2.45) is 0 Å². The average Bonchev–Trinajstić information content (AvgIpc) is 2.66. The van der Waals surface area contributed by atoms with E-state index in [1.54, 1.807) is 0 Å². The number of nitrogens with one attached hydrogen (secondary N) is 1. The van der Waals surface area contributed by atoms with Gasteiger partial charge < -0.3 is 10.4 Å². The number of aromatic nitrogens is 1. The van der Waals surface area contributed by atoms with Crippen molar-refractivity contribution in [3.63, 3.8) is 0 Å². The van der Waals surface area contributed by atoms with Crippen molar-refractivity contribution in [3.8, 4) is 0 Å². The van der Waals surface area contributed by atoms with Crippen molar-refractivity contribution in [3.05, 3.63) is 29.6 Å². The van der Waals surface area contributed by atoms with E-state index in [0.29, 0.717) is 0 Å². The summed E-state index contributed by atoms with van der Waals surface area (Å²) >= 11 is 0. The highest BCUT2D eigenvalue weighted by molar-refractivity contribution is 6.09. The predicted octanol–water partition coefficient (Wildman–Crippen LogP) is -0.733. The zero-order chi connectivity index (χ0) is 14.9. The fraction of sp³-hybridized carbons (Fsp3) is 0.250. The van der Waals surface area contributed by atoms with Crippen molar-refractivity contribution in [2.75, 3.05) is 7.05 Å². The van der Waals surface area contributed by atoms with Crippen LogP contribution in [0.15, 0.2) is 18.3 Å². The summed E-state index contributed by atoms with van der Waals surface area (Å²) in [6.45, 7) is 0. The highest BCUT2D eigenvalue weighted by atomic mass is 16.4. The number of carbonyl (C=O) groups is 4.